The van der Waals surface area contributed by atoms with Crippen LogP contribution in [0.5, 0.6) is 11.5 Å². The molecule has 0 aliphatic carbocycles. The minimum Gasteiger partial charge on any atom is -0.482 e. The van der Waals surface area contributed by atoms with Crippen LogP contribution in [0, 0.1) is 0 Å². The Balaban J connectivity index is 0.000000188. The normalized spacial score (nSPS) is 17.8. The van der Waals surface area contributed by atoms with E-state index >= 15 is 0 Å². The van der Waals surface area contributed by atoms with Gasteiger partial charge < -0.3 is 19.7 Å². The third-order valence-electron chi connectivity index (χ3n) is 8.10. The molecule has 16 heteroatoms. The summed E-state index contributed by atoms with van der Waals surface area (Å²) < 4.78 is 10.9. The predicted molar refractivity (Wildman–Crippen MR) is 200 cm³/mol. The summed E-state index contributed by atoms with van der Waals surface area (Å²) in [4.78, 5) is 86.6. The third kappa shape index (κ3) is 9.14. The van der Waals surface area contributed by atoms with Crippen molar-refractivity contribution in [3.05, 3.63) is 93.2 Å². The molecule has 4 aliphatic rings. The molecule has 0 unspecified atom stereocenters. The summed E-state index contributed by atoms with van der Waals surface area (Å²) in [5.41, 5.74) is 3.45. The predicted octanol–water partition coefficient (Wildman–Crippen LogP) is 4.59. The zero-order valence-corrected chi connectivity index (χ0v) is 30.0. The van der Waals surface area contributed by atoms with E-state index in [0.29, 0.717) is 46.4 Å². The molecule has 4 aliphatic heterocycles. The fraction of sp³-hybridized carbons (Fsp3) is 0.216. The van der Waals surface area contributed by atoms with Crippen molar-refractivity contribution in [3.63, 3.8) is 0 Å². The maximum absolute atomic E-state index is 12.4. The lowest BCUT2D eigenvalue weighted by molar-refractivity contribution is -0.125. The number of fused-ring (bicyclic) bond motifs is 2. The number of nitrogens with one attached hydrogen (secondary N) is 3. The van der Waals surface area contributed by atoms with Crippen LogP contribution in [-0.4, -0.2) is 66.3 Å². The smallest absolute Gasteiger partial charge is 0.290 e. The molecule has 272 valence electrons. The standard InChI is InChI=1S/C21H17N3O5S.C16H16N2O4S/c25-18(22-10-13-4-2-1-3-5-13)11-24-15-8-14(6-7-16(15)29-12-19(24)26)9-17-20(27)23-21(28)30-17;1-2-3-6-18-11-7-10(4-5-12(11)22-9-14(18)19)8-13-15(20)17-16(21)23-13/h1-9H,10-12H2,(H,22,25)(H,23,27,28);4-5,7-8H,2-3,6,9H2,1H3,(H,17,20,21). The van der Waals surface area contributed by atoms with Crippen LogP contribution in [-0.2, 0) is 30.5 Å². The molecule has 53 heavy (non-hydrogen) atoms. The van der Waals surface area contributed by atoms with Crippen LogP contribution in [0.1, 0.15) is 36.5 Å². The van der Waals surface area contributed by atoms with Gasteiger partial charge in [0.2, 0.25) is 5.91 Å². The fourth-order valence-electron chi connectivity index (χ4n) is 5.49. The highest BCUT2D eigenvalue weighted by Gasteiger charge is 2.30. The molecule has 7 rings (SSSR count). The van der Waals surface area contributed by atoms with Crippen molar-refractivity contribution in [1.82, 2.24) is 16.0 Å². The van der Waals surface area contributed by atoms with Crippen molar-refractivity contribution in [2.24, 2.45) is 0 Å². The summed E-state index contributed by atoms with van der Waals surface area (Å²) in [6, 6.07) is 19.9. The Morgan fingerprint density at radius 2 is 1.28 bits per heavy atom. The largest absolute Gasteiger partial charge is 0.482 e. The van der Waals surface area contributed by atoms with Gasteiger partial charge >= 0.3 is 0 Å². The Morgan fingerprint density at radius 1 is 0.755 bits per heavy atom. The van der Waals surface area contributed by atoms with Crippen molar-refractivity contribution < 1.29 is 43.0 Å². The lowest BCUT2D eigenvalue weighted by Crippen LogP contribution is -2.45. The number of carbonyl (C=O) groups excluding carboxylic acids is 7. The van der Waals surface area contributed by atoms with E-state index in [1.807, 2.05) is 36.4 Å². The fourth-order valence-corrected chi connectivity index (χ4v) is 6.86. The Morgan fingerprint density at radius 3 is 1.79 bits per heavy atom. The van der Waals surface area contributed by atoms with Gasteiger partial charge in [0.25, 0.3) is 34.1 Å². The molecule has 2 fully saturated rings. The zero-order valence-electron chi connectivity index (χ0n) is 28.3. The molecular formula is C37H33N5O9S2. The number of nitrogens with zero attached hydrogens (tertiary/aromatic N) is 2. The first-order valence-electron chi connectivity index (χ1n) is 16.5. The number of benzene rings is 3. The molecule has 7 amide bonds. The van der Waals surface area contributed by atoms with E-state index < -0.39 is 17.1 Å². The summed E-state index contributed by atoms with van der Waals surface area (Å²) >= 11 is 1.68. The topological polar surface area (TPSA) is 181 Å². The zero-order chi connectivity index (χ0) is 37.5. The second kappa shape index (κ2) is 16.6. The van der Waals surface area contributed by atoms with Crippen LogP contribution in [0.4, 0.5) is 21.0 Å². The maximum atomic E-state index is 12.4. The van der Waals surface area contributed by atoms with Crippen LogP contribution in [0.25, 0.3) is 12.2 Å². The van der Waals surface area contributed by atoms with Crippen LogP contribution in [0.15, 0.2) is 76.5 Å². The quantitative estimate of drug-likeness (QED) is 0.260. The molecule has 4 heterocycles. The van der Waals surface area contributed by atoms with Crippen molar-refractivity contribution in [1.29, 1.82) is 0 Å². The number of amides is 7. The first-order chi connectivity index (χ1) is 25.6. The minimum absolute atomic E-state index is 0.0455. The summed E-state index contributed by atoms with van der Waals surface area (Å²) in [6.07, 6.45) is 5.09. The van der Waals surface area contributed by atoms with E-state index in [-0.39, 0.29) is 47.6 Å². The summed E-state index contributed by atoms with van der Waals surface area (Å²) in [6.45, 7) is 2.79. The van der Waals surface area contributed by atoms with Crippen LogP contribution in [0.3, 0.4) is 0 Å². The van der Waals surface area contributed by atoms with Crippen molar-refractivity contribution in [3.8, 4) is 11.5 Å². The van der Waals surface area contributed by atoms with E-state index in [1.165, 1.54) is 4.90 Å². The minimum atomic E-state index is -0.466. The number of carbonyl (C=O) groups is 7. The molecule has 0 atom stereocenters. The molecule has 0 spiro atoms. The Bertz CT molecular complexity index is 2070. The van der Waals surface area contributed by atoms with Crippen LogP contribution in [0.2, 0.25) is 0 Å². The Hall–Kier alpha value is -5.87. The second-order valence-electron chi connectivity index (χ2n) is 11.9. The molecule has 0 saturated carbocycles. The van der Waals surface area contributed by atoms with Gasteiger partial charge in [-0.3, -0.25) is 49.1 Å². The van der Waals surface area contributed by atoms with Gasteiger partial charge in [0.1, 0.15) is 18.0 Å². The second-order valence-corrected chi connectivity index (χ2v) is 13.9. The maximum Gasteiger partial charge on any atom is 0.290 e. The molecule has 0 aromatic heterocycles. The summed E-state index contributed by atoms with van der Waals surface area (Å²) in [7, 11) is 0. The number of rotatable bonds is 9. The molecule has 3 N–H and O–H groups in total. The van der Waals surface area contributed by atoms with Crippen molar-refractivity contribution in [2.75, 3.05) is 36.1 Å². The molecule has 0 radical (unpaired) electrons. The highest BCUT2D eigenvalue weighted by Crippen LogP contribution is 2.36. The molecule has 3 aromatic rings. The third-order valence-corrected chi connectivity index (χ3v) is 9.72. The SMILES string of the molecule is CCCCN1C(=O)COc2ccc(C=C3SC(=O)NC3=O)cc21.O=C(CN1C(=O)COc2ccc(C=C3SC(=O)NC3=O)cc21)NCc1ccccc1. The van der Waals surface area contributed by atoms with Gasteiger partial charge in [-0.15, -0.1) is 0 Å². The first kappa shape index (κ1) is 36.9. The average molecular weight is 756 g/mol. The van der Waals surface area contributed by atoms with E-state index in [0.717, 1.165) is 47.5 Å². The van der Waals surface area contributed by atoms with Crippen LogP contribution >= 0.6 is 23.5 Å². The monoisotopic (exact) mass is 755 g/mol. The molecule has 2 saturated heterocycles. The number of anilines is 2. The van der Waals surface area contributed by atoms with Gasteiger partial charge in [0, 0.05) is 13.1 Å². The lowest BCUT2D eigenvalue weighted by atomic mass is 10.1. The molecule has 0 bridgehead atoms. The first-order valence-corrected chi connectivity index (χ1v) is 18.2. The molecule has 14 nitrogen and oxygen atoms in total. The van der Waals surface area contributed by atoms with E-state index in [4.69, 9.17) is 9.47 Å². The van der Waals surface area contributed by atoms with Gasteiger partial charge in [-0.2, -0.15) is 0 Å². The average Bonchev–Trinajstić information content (AvgIpc) is 3.64. The van der Waals surface area contributed by atoms with Crippen LogP contribution < -0.4 is 35.2 Å². The van der Waals surface area contributed by atoms with Gasteiger partial charge in [-0.05, 0) is 83.1 Å². The van der Waals surface area contributed by atoms with Crippen molar-refractivity contribution in [2.45, 2.75) is 26.3 Å². The summed E-state index contributed by atoms with van der Waals surface area (Å²) in [5, 5.41) is 6.41. The Labute approximate surface area is 312 Å². The van der Waals surface area contributed by atoms with Gasteiger partial charge in [0.05, 0.1) is 21.2 Å². The number of hydrogen-bond donors (Lipinski definition) is 3. The lowest BCUT2D eigenvalue weighted by Gasteiger charge is -2.29. The number of unbranched alkanes of at least 4 members (excludes halogenated alkanes) is 1. The molecular weight excluding hydrogens is 723 g/mol. The van der Waals surface area contributed by atoms with E-state index in [9.17, 15) is 33.6 Å². The highest BCUT2D eigenvalue weighted by atomic mass is 32.2. The number of imide groups is 2. The van der Waals surface area contributed by atoms with Gasteiger partial charge in [0.15, 0.2) is 13.2 Å². The Kier molecular flexibility index (Phi) is 11.6. The number of ether oxygens (including phenoxy) is 2. The molecule has 3 aromatic carbocycles. The number of hydrogen-bond acceptors (Lipinski definition) is 11. The summed E-state index contributed by atoms with van der Waals surface area (Å²) in [5.74, 6) is -0.459. The van der Waals surface area contributed by atoms with Gasteiger partial charge in [-0.25, -0.2) is 0 Å². The van der Waals surface area contributed by atoms with E-state index in [1.54, 1.807) is 47.4 Å². The highest BCUT2D eigenvalue weighted by molar-refractivity contribution is 8.18. The van der Waals surface area contributed by atoms with E-state index in [2.05, 4.69) is 22.9 Å². The van der Waals surface area contributed by atoms with Gasteiger partial charge in [-0.1, -0.05) is 55.8 Å². The van der Waals surface area contributed by atoms with Crippen molar-refractivity contribution >= 4 is 87.1 Å². The number of thioether (sulfide) groups is 2.